The topological polar surface area (TPSA) is 46.3 Å². The molecule has 0 unspecified atom stereocenters. The van der Waals surface area contributed by atoms with Gasteiger partial charge in [-0.1, -0.05) is 37.3 Å². The Bertz CT molecular complexity index is 410. The van der Waals surface area contributed by atoms with Crippen LogP contribution < -0.4 is 5.73 Å². The highest BCUT2D eigenvalue weighted by Gasteiger charge is 2.28. The number of carbonyl (C=O) groups is 1. The van der Waals surface area contributed by atoms with Gasteiger partial charge in [0.1, 0.15) is 6.04 Å². The molecule has 0 aliphatic heterocycles. The number of hydrogen-bond donors (Lipinski definition) is 1. The van der Waals surface area contributed by atoms with Gasteiger partial charge in [0.05, 0.1) is 0 Å². The molecule has 0 radical (unpaired) electrons. The summed E-state index contributed by atoms with van der Waals surface area (Å²) < 4.78 is 0. The first-order valence-electron chi connectivity index (χ1n) is 7.16. The van der Waals surface area contributed by atoms with Gasteiger partial charge in [-0.15, -0.1) is 0 Å². The van der Waals surface area contributed by atoms with E-state index in [2.05, 4.69) is 6.92 Å². The van der Waals surface area contributed by atoms with Crippen LogP contribution in [-0.2, 0) is 4.79 Å². The maximum absolute atomic E-state index is 12.4. The average molecular weight is 260 g/mol. The van der Waals surface area contributed by atoms with Gasteiger partial charge in [0.15, 0.2) is 0 Å². The zero-order valence-corrected chi connectivity index (χ0v) is 11.9. The van der Waals surface area contributed by atoms with E-state index < -0.39 is 6.04 Å². The van der Waals surface area contributed by atoms with Crippen molar-refractivity contribution in [3.8, 4) is 0 Å². The molecule has 1 amide bonds. The van der Waals surface area contributed by atoms with Crippen LogP contribution in [0.5, 0.6) is 0 Å². The zero-order valence-electron chi connectivity index (χ0n) is 11.9. The molecule has 1 aliphatic carbocycles. The van der Waals surface area contributed by atoms with Gasteiger partial charge < -0.3 is 10.6 Å². The van der Waals surface area contributed by atoms with Crippen molar-refractivity contribution < 1.29 is 4.79 Å². The third kappa shape index (κ3) is 3.35. The summed E-state index contributed by atoms with van der Waals surface area (Å²) in [4.78, 5) is 14.3. The van der Waals surface area contributed by atoms with Crippen LogP contribution in [0.1, 0.15) is 44.2 Å². The largest absolute Gasteiger partial charge is 0.341 e. The number of benzene rings is 1. The van der Waals surface area contributed by atoms with E-state index in [1.54, 1.807) is 0 Å². The summed E-state index contributed by atoms with van der Waals surface area (Å²) in [5, 5.41) is 0. The highest BCUT2D eigenvalue weighted by atomic mass is 16.2. The average Bonchev–Trinajstić information content (AvgIpc) is 2.46. The van der Waals surface area contributed by atoms with Gasteiger partial charge in [-0.25, -0.2) is 0 Å². The van der Waals surface area contributed by atoms with Crippen LogP contribution in [0, 0.1) is 5.92 Å². The minimum absolute atomic E-state index is 0.0331. The second-order valence-electron chi connectivity index (χ2n) is 5.75. The quantitative estimate of drug-likeness (QED) is 0.908. The second-order valence-corrected chi connectivity index (χ2v) is 5.75. The molecule has 0 spiro atoms. The summed E-state index contributed by atoms with van der Waals surface area (Å²) in [6, 6.07) is 9.44. The molecule has 19 heavy (non-hydrogen) atoms. The lowest BCUT2D eigenvalue weighted by Crippen LogP contribution is -2.43. The van der Waals surface area contributed by atoms with Gasteiger partial charge in [0.25, 0.3) is 0 Å². The molecule has 0 heterocycles. The second kappa shape index (κ2) is 6.20. The molecule has 3 heteroatoms. The van der Waals surface area contributed by atoms with Gasteiger partial charge in [-0.05, 0) is 37.2 Å². The van der Waals surface area contributed by atoms with E-state index in [9.17, 15) is 4.79 Å². The summed E-state index contributed by atoms with van der Waals surface area (Å²) in [6.07, 6.45) is 4.63. The molecule has 1 aromatic carbocycles. The maximum Gasteiger partial charge on any atom is 0.244 e. The van der Waals surface area contributed by atoms with Gasteiger partial charge >= 0.3 is 0 Å². The first-order valence-corrected chi connectivity index (χ1v) is 7.16. The van der Waals surface area contributed by atoms with E-state index >= 15 is 0 Å². The Morgan fingerprint density at radius 1 is 1.21 bits per heavy atom. The summed E-state index contributed by atoms with van der Waals surface area (Å²) in [5.41, 5.74) is 6.97. The molecule has 2 rings (SSSR count). The lowest BCUT2D eigenvalue weighted by Gasteiger charge is -2.35. The first kappa shape index (κ1) is 14.1. The SMILES string of the molecule is CC1CCC(N(C)C(=O)[C@H](N)c2ccccc2)CC1. The number of hydrogen-bond acceptors (Lipinski definition) is 2. The normalized spacial score (nSPS) is 24.8. The van der Waals surface area contributed by atoms with Crippen molar-refractivity contribution >= 4 is 5.91 Å². The predicted molar refractivity (Wildman–Crippen MR) is 77.6 cm³/mol. The van der Waals surface area contributed by atoms with Crippen LogP contribution in [-0.4, -0.2) is 23.9 Å². The van der Waals surface area contributed by atoms with E-state index in [-0.39, 0.29) is 5.91 Å². The van der Waals surface area contributed by atoms with Gasteiger partial charge in [-0.3, -0.25) is 4.79 Å². The van der Waals surface area contributed by atoms with Crippen LogP contribution in [0.3, 0.4) is 0 Å². The Morgan fingerprint density at radius 2 is 1.79 bits per heavy atom. The van der Waals surface area contributed by atoms with Crippen molar-refractivity contribution in [2.75, 3.05) is 7.05 Å². The van der Waals surface area contributed by atoms with Gasteiger partial charge in [0.2, 0.25) is 5.91 Å². The molecule has 1 aromatic rings. The molecule has 104 valence electrons. The monoisotopic (exact) mass is 260 g/mol. The molecule has 0 saturated heterocycles. The highest BCUT2D eigenvalue weighted by Crippen LogP contribution is 2.27. The van der Waals surface area contributed by atoms with E-state index in [1.165, 1.54) is 12.8 Å². The van der Waals surface area contributed by atoms with Crippen molar-refractivity contribution in [2.24, 2.45) is 11.7 Å². The Labute approximate surface area is 115 Å². The third-order valence-corrected chi connectivity index (χ3v) is 4.31. The van der Waals surface area contributed by atoms with Crippen LogP contribution in [0.25, 0.3) is 0 Å². The zero-order chi connectivity index (χ0) is 13.8. The van der Waals surface area contributed by atoms with Crippen molar-refractivity contribution in [1.82, 2.24) is 4.90 Å². The van der Waals surface area contributed by atoms with Crippen molar-refractivity contribution in [3.63, 3.8) is 0 Å². The number of nitrogens with two attached hydrogens (primary N) is 1. The fourth-order valence-corrected chi connectivity index (χ4v) is 2.83. The number of amides is 1. The Balaban J connectivity index is 1.99. The smallest absolute Gasteiger partial charge is 0.244 e. The summed E-state index contributed by atoms with van der Waals surface area (Å²) >= 11 is 0. The predicted octanol–water partition coefficient (Wildman–Crippen LogP) is 2.72. The van der Waals surface area contributed by atoms with E-state index in [0.717, 1.165) is 24.3 Å². The van der Waals surface area contributed by atoms with Crippen LogP contribution in [0.15, 0.2) is 30.3 Å². The standard InChI is InChI=1S/C16H24N2O/c1-12-8-10-14(11-9-12)18(2)16(19)15(17)13-6-4-3-5-7-13/h3-7,12,14-15H,8-11,17H2,1-2H3/t12?,14?,15-/m1/s1. The highest BCUT2D eigenvalue weighted by molar-refractivity contribution is 5.83. The summed E-state index contributed by atoms with van der Waals surface area (Å²) in [5.74, 6) is 0.827. The van der Waals surface area contributed by atoms with Crippen LogP contribution in [0.2, 0.25) is 0 Å². The third-order valence-electron chi connectivity index (χ3n) is 4.31. The number of nitrogens with zero attached hydrogens (tertiary/aromatic N) is 1. The Morgan fingerprint density at radius 3 is 2.37 bits per heavy atom. The molecular formula is C16H24N2O. The lowest BCUT2D eigenvalue weighted by molar-refractivity contribution is -0.134. The lowest BCUT2D eigenvalue weighted by atomic mass is 9.86. The van der Waals surface area contributed by atoms with E-state index in [0.29, 0.717) is 6.04 Å². The van der Waals surface area contributed by atoms with E-state index in [1.807, 2.05) is 42.3 Å². The van der Waals surface area contributed by atoms with Gasteiger partial charge in [-0.2, -0.15) is 0 Å². The van der Waals surface area contributed by atoms with Crippen LogP contribution >= 0.6 is 0 Å². The summed E-state index contributed by atoms with van der Waals surface area (Å²) in [6.45, 7) is 2.29. The van der Waals surface area contributed by atoms with Crippen LogP contribution in [0.4, 0.5) is 0 Å². The Hall–Kier alpha value is -1.35. The minimum Gasteiger partial charge on any atom is -0.341 e. The molecule has 1 aliphatic rings. The van der Waals surface area contributed by atoms with Crippen molar-refractivity contribution in [1.29, 1.82) is 0 Å². The van der Waals surface area contributed by atoms with Crippen molar-refractivity contribution in [2.45, 2.75) is 44.7 Å². The molecule has 2 N–H and O–H groups in total. The molecule has 3 nitrogen and oxygen atoms in total. The summed E-state index contributed by atoms with van der Waals surface area (Å²) in [7, 11) is 1.89. The molecule has 1 atom stereocenters. The van der Waals surface area contributed by atoms with Gasteiger partial charge in [0, 0.05) is 13.1 Å². The fraction of sp³-hybridized carbons (Fsp3) is 0.562. The molecule has 1 fully saturated rings. The van der Waals surface area contributed by atoms with Crippen molar-refractivity contribution in [3.05, 3.63) is 35.9 Å². The number of rotatable bonds is 3. The fourth-order valence-electron chi connectivity index (χ4n) is 2.83. The Kier molecular flexibility index (Phi) is 4.59. The molecule has 0 bridgehead atoms. The molecule has 0 aromatic heterocycles. The molecule has 1 saturated carbocycles. The maximum atomic E-state index is 12.4. The molecular weight excluding hydrogens is 236 g/mol. The first-order chi connectivity index (χ1) is 9.09. The number of likely N-dealkylation sites (N-methyl/N-ethyl adjacent to an activating group) is 1. The number of carbonyl (C=O) groups excluding carboxylic acids is 1. The minimum atomic E-state index is -0.537. The van der Waals surface area contributed by atoms with E-state index in [4.69, 9.17) is 5.73 Å².